The van der Waals surface area contributed by atoms with Crippen LogP contribution < -0.4 is 9.62 Å². The van der Waals surface area contributed by atoms with Crippen molar-refractivity contribution < 1.29 is 18.0 Å². The Morgan fingerprint density at radius 3 is 2.25 bits per heavy atom. The van der Waals surface area contributed by atoms with Gasteiger partial charge in [0.2, 0.25) is 21.8 Å². The van der Waals surface area contributed by atoms with Crippen molar-refractivity contribution in [2.45, 2.75) is 64.6 Å². The number of amides is 2. The van der Waals surface area contributed by atoms with Crippen LogP contribution in [0.15, 0.2) is 42.5 Å². The zero-order valence-corrected chi connectivity index (χ0v) is 23.2. The van der Waals surface area contributed by atoms with E-state index >= 15 is 0 Å². The lowest BCUT2D eigenvalue weighted by Gasteiger charge is -2.33. The van der Waals surface area contributed by atoms with Crippen LogP contribution in [0.1, 0.15) is 50.2 Å². The molecule has 1 fully saturated rings. The van der Waals surface area contributed by atoms with Gasteiger partial charge in [-0.05, 0) is 62.1 Å². The van der Waals surface area contributed by atoms with Crippen LogP contribution in [-0.4, -0.2) is 50.0 Å². The van der Waals surface area contributed by atoms with Crippen molar-refractivity contribution in [3.05, 3.63) is 63.6 Å². The Balaban J connectivity index is 1.89. The van der Waals surface area contributed by atoms with Gasteiger partial charge >= 0.3 is 0 Å². The molecule has 0 radical (unpaired) electrons. The highest BCUT2D eigenvalue weighted by Crippen LogP contribution is 2.27. The maximum absolute atomic E-state index is 13.7. The number of nitrogens with zero attached hydrogens (tertiary/aromatic N) is 2. The van der Waals surface area contributed by atoms with Gasteiger partial charge in [0.05, 0.1) is 11.9 Å². The molecule has 0 heterocycles. The monoisotopic (exact) mass is 553 g/mol. The molecule has 7 nitrogen and oxygen atoms in total. The van der Waals surface area contributed by atoms with E-state index < -0.39 is 28.5 Å². The van der Waals surface area contributed by atoms with E-state index in [0.29, 0.717) is 21.3 Å². The third kappa shape index (κ3) is 7.60. The number of hydrogen-bond acceptors (Lipinski definition) is 4. The topological polar surface area (TPSA) is 86.8 Å². The molecule has 0 saturated heterocycles. The molecule has 1 unspecified atom stereocenters. The van der Waals surface area contributed by atoms with Gasteiger partial charge in [0.1, 0.15) is 12.6 Å². The fourth-order valence-electron chi connectivity index (χ4n) is 4.38. The minimum atomic E-state index is -3.82. The highest BCUT2D eigenvalue weighted by atomic mass is 35.5. The van der Waals surface area contributed by atoms with Crippen LogP contribution in [0.5, 0.6) is 0 Å². The van der Waals surface area contributed by atoms with E-state index in [-0.39, 0.29) is 18.5 Å². The quantitative estimate of drug-likeness (QED) is 0.476. The van der Waals surface area contributed by atoms with Crippen molar-refractivity contribution in [3.8, 4) is 0 Å². The Hall–Kier alpha value is -2.29. The molecule has 196 valence electrons. The van der Waals surface area contributed by atoms with Gasteiger partial charge in [-0.1, -0.05) is 60.7 Å². The molecule has 2 aromatic rings. The maximum atomic E-state index is 13.7. The number of halogens is 2. The van der Waals surface area contributed by atoms with Crippen LogP contribution in [0.4, 0.5) is 5.69 Å². The Kier molecular flexibility index (Phi) is 9.66. The van der Waals surface area contributed by atoms with E-state index in [2.05, 4.69) is 5.32 Å². The van der Waals surface area contributed by atoms with Gasteiger partial charge in [-0.3, -0.25) is 13.9 Å². The van der Waals surface area contributed by atoms with Crippen LogP contribution in [0, 0.1) is 6.92 Å². The molecule has 36 heavy (non-hydrogen) atoms. The Morgan fingerprint density at radius 2 is 1.64 bits per heavy atom. The Bertz CT molecular complexity index is 1180. The largest absolute Gasteiger partial charge is 0.352 e. The summed E-state index contributed by atoms with van der Waals surface area (Å²) in [5, 5.41) is 3.99. The van der Waals surface area contributed by atoms with Gasteiger partial charge in [-0.15, -0.1) is 0 Å². The number of nitrogens with one attached hydrogen (secondary N) is 1. The van der Waals surface area contributed by atoms with Crippen molar-refractivity contribution in [1.29, 1.82) is 0 Å². The second kappa shape index (κ2) is 12.3. The fourth-order valence-corrected chi connectivity index (χ4v) is 5.58. The molecule has 1 atom stereocenters. The standard InChI is InChI=1S/C26H33Cl2N3O4S/c1-18-9-12-22(28)15-24(18)31(36(3,34)35)17-25(32)30(16-20-10-13-21(27)14-11-20)19(2)26(33)29-23-7-5-4-6-8-23/h9-15,19,23H,4-8,16-17H2,1-3H3,(H,29,33). The normalized spacial score (nSPS) is 15.2. The third-order valence-electron chi connectivity index (χ3n) is 6.50. The first-order valence-electron chi connectivity index (χ1n) is 12.0. The molecule has 0 bridgehead atoms. The second-order valence-corrected chi connectivity index (χ2v) is 12.1. The summed E-state index contributed by atoms with van der Waals surface area (Å²) in [6.45, 7) is 3.08. The van der Waals surface area contributed by atoms with E-state index in [1.807, 2.05) is 0 Å². The smallest absolute Gasteiger partial charge is 0.244 e. The van der Waals surface area contributed by atoms with Gasteiger partial charge in [-0.2, -0.15) is 0 Å². The molecule has 1 aliphatic carbocycles. The number of rotatable bonds is 9. The van der Waals surface area contributed by atoms with E-state index in [1.54, 1.807) is 50.2 Å². The van der Waals surface area contributed by atoms with Gasteiger partial charge in [0.15, 0.2) is 0 Å². The molecule has 2 aromatic carbocycles. The van der Waals surface area contributed by atoms with Crippen LogP contribution in [0.2, 0.25) is 10.0 Å². The predicted octanol–water partition coefficient (Wildman–Crippen LogP) is 4.93. The number of anilines is 1. The summed E-state index contributed by atoms with van der Waals surface area (Å²) in [5.41, 5.74) is 1.75. The first-order chi connectivity index (χ1) is 17.0. The van der Waals surface area contributed by atoms with Gasteiger partial charge < -0.3 is 10.2 Å². The molecule has 1 saturated carbocycles. The van der Waals surface area contributed by atoms with Crippen LogP contribution in [0.25, 0.3) is 0 Å². The summed E-state index contributed by atoms with van der Waals surface area (Å²) in [6.07, 6.45) is 6.17. The van der Waals surface area contributed by atoms with E-state index in [1.165, 1.54) is 11.0 Å². The highest BCUT2D eigenvalue weighted by molar-refractivity contribution is 7.92. The summed E-state index contributed by atoms with van der Waals surface area (Å²) in [5.74, 6) is -0.755. The van der Waals surface area contributed by atoms with Crippen LogP contribution >= 0.6 is 23.2 Å². The summed E-state index contributed by atoms with van der Waals surface area (Å²) < 4.78 is 26.5. The second-order valence-electron chi connectivity index (χ2n) is 9.37. The average molecular weight is 555 g/mol. The molecule has 0 aliphatic heterocycles. The molecule has 10 heteroatoms. The van der Waals surface area contributed by atoms with Crippen molar-refractivity contribution >= 4 is 50.7 Å². The molecule has 1 aliphatic rings. The van der Waals surface area contributed by atoms with E-state index in [4.69, 9.17) is 23.2 Å². The highest BCUT2D eigenvalue weighted by Gasteiger charge is 2.31. The molecule has 2 amide bonds. The van der Waals surface area contributed by atoms with E-state index in [9.17, 15) is 18.0 Å². The number of aryl methyl sites for hydroxylation is 1. The van der Waals surface area contributed by atoms with Crippen LogP contribution in [-0.2, 0) is 26.2 Å². The minimum Gasteiger partial charge on any atom is -0.352 e. The minimum absolute atomic E-state index is 0.0859. The molecule has 1 N–H and O–H groups in total. The first kappa shape index (κ1) is 28.3. The molecular weight excluding hydrogens is 521 g/mol. The summed E-state index contributed by atoms with van der Waals surface area (Å²) >= 11 is 12.2. The Labute approximate surface area is 223 Å². The lowest BCUT2D eigenvalue weighted by atomic mass is 9.95. The summed E-state index contributed by atoms with van der Waals surface area (Å²) in [4.78, 5) is 28.3. The number of carbonyl (C=O) groups excluding carboxylic acids is 2. The zero-order chi connectivity index (χ0) is 26.5. The van der Waals surface area contributed by atoms with Crippen molar-refractivity contribution in [1.82, 2.24) is 10.2 Å². The molecule has 0 aromatic heterocycles. The van der Waals surface area contributed by atoms with Gasteiger partial charge in [-0.25, -0.2) is 8.42 Å². The van der Waals surface area contributed by atoms with E-state index in [0.717, 1.165) is 48.2 Å². The number of carbonyl (C=O) groups is 2. The zero-order valence-electron chi connectivity index (χ0n) is 20.8. The first-order valence-corrected chi connectivity index (χ1v) is 14.6. The fraction of sp³-hybridized carbons (Fsp3) is 0.462. The Morgan fingerprint density at radius 1 is 1.03 bits per heavy atom. The SMILES string of the molecule is Cc1ccc(Cl)cc1N(CC(=O)N(Cc1ccc(Cl)cc1)C(C)C(=O)NC1CCCCC1)S(C)(=O)=O. The van der Waals surface area contributed by atoms with Crippen molar-refractivity contribution in [3.63, 3.8) is 0 Å². The third-order valence-corrected chi connectivity index (χ3v) is 8.12. The number of sulfonamides is 1. The van der Waals surface area contributed by atoms with Gasteiger partial charge in [0.25, 0.3) is 0 Å². The number of hydrogen-bond donors (Lipinski definition) is 1. The number of benzene rings is 2. The molecule has 3 rings (SSSR count). The average Bonchev–Trinajstić information content (AvgIpc) is 2.83. The lowest BCUT2D eigenvalue weighted by molar-refractivity contribution is -0.139. The van der Waals surface area contributed by atoms with Crippen molar-refractivity contribution in [2.75, 3.05) is 17.1 Å². The molecule has 0 spiro atoms. The molecular formula is C26H33Cl2N3O4S. The summed E-state index contributed by atoms with van der Waals surface area (Å²) in [6, 6.07) is 11.1. The lowest BCUT2D eigenvalue weighted by Crippen LogP contribution is -2.53. The predicted molar refractivity (Wildman–Crippen MR) is 145 cm³/mol. The van der Waals surface area contributed by atoms with Crippen LogP contribution in [0.3, 0.4) is 0 Å². The summed E-state index contributed by atoms with van der Waals surface area (Å²) in [7, 11) is -3.82. The van der Waals surface area contributed by atoms with Crippen molar-refractivity contribution in [2.24, 2.45) is 0 Å². The van der Waals surface area contributed by atoms with Gasteiger partial charge in [0, 0.05) is 22.6 Å². The maximum Gasteiger partial charge on any atom is 0.244 e.